The van der Waals surface area contributed by atoms with Gasteiger partial charge in [0.1, 0.15) is 11.9 Å². The average molecular weight is 178 g/mol. The van der Waals surface area contributed by atoms with E-state index in [4.69, 9.17) is 4.74 Å². The predicted octanol–water partition coefficient (Wildman–Crippen LogP) is 1.68. The summed E-state index contributed by atoms with van der Waals surface area (Å²) in [6.07, 6.45) is 0.373. The monoisotopic (exact) mass is 178 g/mol. The molecule has 70 valence electrons. The third kappa shape index (κ3) is 1.54. The maximum absolute atomic E-state index is 9.37. The summed E-state index contributed by atoms with van der Waals surface area (Å²) in [6, 6.07) is 6.18. The molecule has 0 fully saturated rings. The highest BCUT2D eigenvalue weighted by atomic mass is 16.5. The van der Waals surface area contributed by atoms with Crippen LogP contribution in [-0.4, -0.2) is 17.3 Å². The van der Waals surface area contributed by atoms with Crippen LogP contribution in [0.4, 0.5) is 0 Å². The number of ether oxygens (including phenoxy) is 1. The molecule has 0 saturated heterocycles. The highest BCUT2D eigenvalue weighted by Gasteiger charge is 2.26. The molecule has 0 aromatic heterocycles. The van der Waals surface area contributed by atoms with Crippen LogP contribution in [0.5, 0.6) is 5.75 Å². The molecule has 1 aliphatic heterocycles. The minimum atomic E-state index is -0.396. The summed E-state index contributed by atoms with van der Waals surface area (Å²) in [4.78, 5) is 0. The molecule has 1 aromatic carbocycles. The van der Waals surface area contributed by atoms with Crippen LogP contribution in [0, 0.1) is 6.92 Å². The van der Waals surface area contributed by atoms with E-state index in [1.54, 1.807) is 6.92 Å². The number of aryl methyl sites for hydroxylation is 1. The van der Waals surface area contributed by atoms with Gasteiger partial charge in [-0.05, 0) is 31.0 Å². The van der Waals surface area contributed by atoms with Gasteiger partial charge in [-0.15, -0.1) is 0 Å². The van der Waals surface area contributed by atoms with E-state index in [1.165, 1.54) is 11.1 Å². The van der Waals surface area contributed by atoms with Gasteiger partial charge in [0.05, 0.1) is 6.10 Å². The van der Waals surface area contributed by atoms with Crippen LogP contribution in [0.1, 0.15) is 18.1 Å². The summed E-state index contributed by atoms with van der Waals surface area (Å²) in [5.74, 6) is 0.936. The Bertz CT molecular complexity index is 318. The minimum Gasteiger partial charge on any atom is -0.487 e. The van der Waals surface area contributed by atoms with Crippen LogP contribution in [0.3, 0.4) is 0 Å². The van der Waals surface area contributed by atoms with Crippen molar-refractivity contribution in [3.8, 4) is 5.75 Å². The Morgan fingerprint density at radius 3 is 3.00 bits per heavy atom. The van der Waals surface area contributed by atoms with Crippen molar-refractivity contribution in [1.82, 2.24) is 0 Å². The molecule has 0 bridgehead atoms. The lowest BCUT2D eigenvalue weighted by Crippen LogP contribution is -2.26. The zero-order valence-electron chi connectivity index (χ0n) is 7.95. The fraction of sp³-hybridized carbons (Fsp3) is 0.455. The van der Waals surface area contributed by atoms with Gasteiger partial charge in [-0.3, -0.25) is 0 Å². The number of benzene rings is 1. The average Bonchev–Trinajstić information content (AvgIpc) is 2.46. The molecule has 2 heteroatoms. The lowest BCUT2D eigenvalue weighted by Gasteiger charge is -2.12. The molecule has 1 aliphatic rings. The Kier molecular flexibility index (Phi) is 2.00. The Morgan fingerprint density at radius 1 is 1.54 bits per heavy atom. The van der Waals surface area contributed by atoms with Crippen LogP contribution in [0.25, 0.3) is 0 Å². The molecule has 1 aromatic rings. The summed E-state index contributed by atoms with van der Waals surface area (Å²) in [5, 5.41) is 9.37. The number of rotatable bonds is 1. The summed E-state index contributed by atoms with van der Waals surface area (Å²) in [7, 11) is 0. The molecular formula is C11H14O2. The van der Waals surface area contributed by atoms with Crippen molar-refractivity contribution >= 4 is 0 Å². The van der Waals surface area contributed by atoms with Crippen molar-refractivity contribution in [2.45, 2.75) is 32.5 Å². The SMILES string of the molecule is Cc1ccc2c(c1)OC(C(C)O)C2. The molecule has 0 aliphatic carbocycles. The van der Waals surface area contributed by atoms with E-state index in [2.05, 4.69) is 12.1 Å². The zero-order valence-corrected chi connectivity index (χ0v) is 7.95. The van der Waals surface area contributed by atoms with Crippen molar-refractivity contribution in [2.24, 2.45) is 0 Å². The van der Waals surface area contributed by atoms with Crippen LogP contribution < -0.4 is 4.74 Å². The number of fused-ring (bicyclic) bond motifs is 1. The van der Waals surface area contributed by atoms with Gasteiger partial charge >= 0.3 is 0 Å². The molecular weight excluding hydrogens is 164 g/mol. The second kappa shape index (κ2) is 3.04. The van der Waals surface area contributed by atoms with E-state index in [0.717, 1.165) is 12.2 Å². The van der Waals surface area contributed by atoms with Gasteiger partial charge in [0, 0.05) is 6.42 Å². The summed E-state index contributed by atoms with van der Waals surface area (Å²) < 4.78 is 5.60. The number of hydrogen-bond acceptors (Lipinski definition) is 2. The quantitative estimate of drug-likeness (QED) is 0.709. The maximum Gasteiger partial charge on any atom is 0.128 e. The number of hydrogen-bond donors (Lipinski definition) is 1. The Labute approximate surface area is 78.2 Å². The van der Waals surface area contributed by atoms with Crippen LogP contribution in [-0.2, 0) is 6.42 Å². The Hall–Kier alpha value is -1.02. The van der Waals surface area contributed by atoms with E-state index >= 15 is 0 Å². The normalized spacial score (nSPS) is 22.2. The molecule has 0 amide bonds. The van der Waals surface area contributed by atoms with E-state index < -0.39 is 6.10 Å². The van der Waals surface area contributed by atoms with Crippen LogP contribution in [0.2, 0.25) is 0 Å². The Morgan fingerprint density at radius 2 is 2.31 bits per heavy atom. The second-order valence-electron chi connectivity index (χ2n) is 3.71. The van der Waals surface area contributed by atoms with Crippen molar-refractivity contribution in [3.63, 3.8) is 0 Å². The van der Waals surface area contributed by atoms with Gasteiger partial charge in [-0.25, -0.2) is 0 Å². The van der Waals surface area contributed by atoms with E-state index in [-0.39, 0.29) is 6.10 Å². The molecule has 0 saturated carbocycles. The van der Waals surface area contributed by atoms with Crippen LogP contribution in [0.15, 0.2) is 18.2 Å². The first-order chi connectivity index (χ1) is 6.16. The first kappa shape index (κ1) is 8.57. The molecule has 13 heavy (non-hydrogen) atoms. The number of aliphatic hydroxyl groups is 1. The third-order valence-electron chi connectivity index (χ3n) is 2.46. The molecule has 0 radical (unpaired) electrons. The third-order valence-corrected chi connectivity index (χ3v) is 2.46. The molecule has 2 unspecified atom stereocenters. The maximum atomic E-state index is 9.37. The van der Waals surface area contributed by atoms with E-state index in [9.17, 15) is 5.11 Å². The Balaban J connectivity index is 2.25. The molecule has 1 N–H and O–H groups in total. The summed E-state index contributed by atoms with van der Waals surface area (Å²) >= 11 is 0. The first-order valence-corrected chi connectivity index (χ1v) is 4.61. The molecule has 1 heterocycles. The standard InChI is InChI=1S/C11H14O2/c1-7-3-4-9-6-10(8(2)12)13-11(9)5-7/h3-5,8,10,12H,6H2,1-2H3. The van der Waals surface area contributed by atoms with E-state index in [1.807, 2.05) is 13.0 Å². The van der Waals surface area contributed by atoms with Gasteiger partial charge in [-0.1, -0.05) is 12.1 Å². The van der Waals surface area contributed by atoms with E-state index in [0.29, 0.717) is 0 Å². The van der Waals surface area contributed by atoms with Gasteiger partial charge in [0.15, 0.2) is 0 Å². The minimum absolute atomic E-state index is 0.0585. The van der Waals surface area contributed by atoms with Crippen molar-refractivity contribution < 1.29 is 9.84 Å². The molecule has 2 nitrogen and oxygen atoms in total. The number of aliphatic hydroxyl groups excluding tert-OH is 1. The molecule has 2 atom stereocenters. The largest absolute Gasteiger partial charge is 0.487 e. The zero-order chi connectivity index (χ0) is 9.42. The lowest BCUT2D eigenvalue weighted by molar-refractivity contribution is 0.0632. The van der Waals surface area contributed by atoms with Crippen molar-refractivity contribution in [3.05, 3.63) is 29.3 Å². The van der Waals surface area contributed by atoms with Gasteiger partial charge < -0.3 is 9.84 Å². The lowest BCUT2D eigenvalue weighted by atomic mass is 10.1. The predicted molar refractivity (Wildman–Crippen MR) is 51.0 cm³/mol. The van der Waals surface area contributed by atoms with Gasteiger partial charge in [0.2, 0.25) is 0 Å². The summed E-state index contributed by atoms with van der Waals surface area (Å²) in [6.45, 7) is 3.81. The van der Waals surface area contributed by atoms with Crippen LogP contribution >= 0.6 is 0 Å². The van der Waals surface area contributed by atoms with Crippen molar-refractivity contribution in [2.75, 3.05) is 0 Å². The van der Waals surface area contributed by atoms with Crippen molar-refractivity contribution in [1.29, 1.82) is 0 Å². The highest BCUT2D eigenvalue weighted by molar-refractivity contribution is 5.40. The smallest absolute Gasteiger partial charge is 0.128 e. The fourth-order valence-electron chi connectivity index (χ4n) is 1.63. The van der Waals surface area contributed by atoms with Gasteiger partial charge in [0.25, 0.3) is 0 Å². The fourth-order valence-corrected chi connectivity index (χ4v) is 1.63. The summed E-state index contributed by atoms with van der Waals surface area (Å²) in [5.41, 5.74) is 2.40. The van der Waals surface area contributed by atoms with Gasteiger partial charge in [-0.2, -0.15) is 0 Å². The molecule has 0 spiro atoms. The first-order valence-electron chi connectivity index (χ1n) is 4.61. The second-order valence-corrected chi connectivity index (χ2v) is 3.71. The highest BCUT2D eigenvalue weighted by Crippen LogP contribution is 2.30. The topological polar surface area (TPSA) is 29.5 Å². The molecule has 2 rings (SSSR count).